The van der Waals surface area contributed by atoms with E-state index in [1.807, 2.05) is 44.2 Å². The Morgan fingerprint density at radius 3 is 2.62 bits per heavy atom. The van der Waals surface area contributed by atoms with Crippen molar-refractivity contribution in [1.29, 1.82) is 0 Å². The van der Waals surface area contributed by atoms with Gasteiger partial charge in [-0.15, -0.1) is 11.8 Å². The predicted molar refractivity (Wildman–Crippen MR) is 91.1 cm³/mol. The summed E-state index contributed by atoms with van der Waals surface area (Å²) in [6, 6.07) is 11.1. The summed E-state index contributed by atoms with van der Waals surface area (Å²) in [6.45, 7) is 3.90. The molecule has 0 bridgehead atoms. The van der Waals surface area contributed by atoms with Crippen LogP contribution in [0.5, 0.6) is 0 Å². The number of thioether (sulfide) groups is 1. The Labute approximate surface area is 133 Å². The van der Waals surface area contributed by atoms with Crippen LogP contribution in [0.3, 0.4) is 0 Å². The number of nitrogens with two attached hydrogens (primary N) is 1. The molecule has 0 radical (unpaired) electrons. The Hall–Kier alpha value is -1.65. The molecule has 3 N–H and O–H groups in total. The number of anilines is 2. The molecule has 2 aromatic carbocycles. The van der Waals surface area contributed by atoms with Gasteiger partial charge in [0.05, 0.1) is 5.75 Å². The number of amides is 1. The number of aryl methyl sites for hydroxylation is 2. The van der Waals surface area contributed by atoms with Gasteiger partial charge in [-0.25, -0.2) is 0 Å². The minimum absolute atomic E-state index is 0.0401. The summed E-state index contributed by atoms with van der Waals surface area (Å²) >= 11 is 7.40. The molecule has 0 saturated carbocycles. The average Bonchev–Trinajstić information content (AvgIpc) is 2.41. The fraction of sp³-hybridized carbons (Fsp3) is 0.188. The molecule has 1 amide bonds. The van der Waals surface area contributed by atoms with Crippen molar-refractivity contribution in [2.45, 2.75) is 18.7 Å². The number of carbonyl (C=O) groups is 1. The second kappa shape index (κ2) is 6.87. The van der Waals surface area contributed by atoms with Crippen LogP contribution in [0.15, 0.2) is 41.3 Å². The highest BCUT2D eigenvalue weighted by Gasteiger charge is 2.07. The highest BCUT2D eigenvalue weighted by molar-refractivity contribution is 8.00. The molecule has 0 fully saturated rings. The molecule has 0 spiro atoms. The van der Waals surface area contributed by atoms with E-state index in [0.717, 1.165) is 27.4 Å². The van der Waals surface area contributed by atoms with Crippen LogP contribution in [0.4, 0.5) is 11.4 Å². The van der Waals surface area contributed by atoms with Crippen LogP contribution in [0, 0.1) is 13.8 Å². The molecular formula is C16H17ClN2OS. The Balaban J connectivity index is 1.96. The maximum atomic E-state index is 12.0. The Kier molecular flexibility index (Phi) is 5.15. The molecule has 21 heavy (non-hydrogen) atoms. The van der Waals surface area contributed by atoms with E-state index in [0.29, 0.717) is 10.8 Å². The zero-order valence-corrected chi connectivity index (χ0v) is 13.5. The van der Waals surface area contributed by atoms with E-state index in [1.54, 1.807) is 6.07 Å². The molecule has 0 aliphatic heterocycles. The van der Waals surface area contributed by atoms with E-state index in [4.69, 9.17) is 17.3 Å². The van der Waals surface area contributed by atoms with Gasteiger partial charge in [-0.2, -0.15) is 0 Å². The van der Waals surface area contributed by atoms with Crippen molar-refractivity contribution in [2.24, 2.45) is 0 Å². The summed E-state index contributed by atoms with van der Waals surface area (Å²) in [5.74, 6) is 0.314. The van der Waals surface area contributed by atoms with Crippen LogP contribution in [0.1, 0.15) is 11.1 Å². The maximum absolute atomic E-state index is 12.0. The normalized spacial score (nSPS) is 10.4. The largest absolute Gasteiger partial charge is 0.399 e. The topological polar surface area (TPSA) is 55.1 Å². The number of carbonyl (C=O) groups excluding carboxylic acids is 1. The van der Waals surface area contributed by atoms with Crippen molar-refractivity contribution in [3.63, 3.8) is 0 Å². The van der Waals surface area contributed by atoms with Crippen molar-refractivity contribution in [2.75, 3.05) is 16.8 Å². The summed E-state index contributed by atoms with van der Waals surface area (Å²) in [4.78, 5) is 13.1. The van der Waals surface area contributed by atoms with E-state index in [2.05, 4.69) is 5.32 Å². The van der Waals surface area contributed by atoms with Crippen LogP contribution >= 0.6 is 23.4 Å². The molecule has 0 atom stereocenters. The first kappa shape index (κ1) is 15.7. The molecule has 0 heterocycles. The lowest BCUT2D eigenvalue weighted by molar-refractivity contribution is -0.113. The van der Waals surface area contributed by atoms with Crippen LogP contribution in [-0.2, 0) is 4.79 Å². The van der Waals surface area contributed by atoms with Gasteiger partial charge >= 0.3 is 0 Å². The van der Waals surface area contributed by atoms with E-state index in [1.165, 1.54) is 11.8 Å². The van der Waals surface area contributed by atoms with Gasteiger partial charge in [0.2, 0.25) is 5.91 Å². The smallest absolute Gasteiger partial charge is 0.234 e. The highest BCUT2D eigenvalue weighted by atomic mass is 35.5. The van der Waals surface area contributed by atoms with Gasteiger partial charge < -0.3 is 11.1 Å². The predicted octanol–water partition coefficient (Wildman–Crippen LogP) is 4.27. The van der Waals surface area contributed by atoms with Crippen molar-refractivity contribution in [3.05, 3.63) is 52.5 Å². The van der Waals surface area contributed by atoms with Gasteiger partial charge in [-0.1, -0.05) is 11.6 Å². The third kappa shape index (κ3) is 4.41. The second-order valence-electron chi connectivity index (χ2n) is 4.82. The molecule has 0 saturated heterocycles. The lowest BCUT2D eigenvalue weighted by Gasteiger charge is -2.09. The minimum atomic E-state index is -0.0401. The molecule has 0 aliphatic rings. The summed E-state index contributed by atoms with van der Waals surface area (Å²) in [5.41, 5.74) is 9.27. The third-order valence-electron chi connectivity index (χ3n) is 3.02. The van der Waals surface area contributed by atoms with Crippen molar-refractivity contribution in [1.82, 2.24) is 0 Å². The fourth-order valence-corrected chi connectivity index (χ4v) is 2.97. The lowest BCUT2D eigenvalue weighted by atomic mass is 10.2. The minimum Gasteiger partial charge on any atom is -0.399 e. The average molecular weight is 321 g/mol. The number of benzene rings is 2. The monoisotopic (exact) mass is 320 g/mol. The van der Waals surface area contributed by atoms with Crippen molar-refractivity contribution < 1.29 is 4.79 Å². The van der Waals surface area contributed by atoms with Crippen LogP contribution in [0.2, 0.25) is 5.02 Å². The van der Waals surface area contributed by atoms with Gasteiger partial charge in [-0.3, -0.25) is 4.79 Å². The Morgan fingerprint density at radius 2 is 1.95 bits per heavy atom. The Morgan fingerprint density at radius 1 is 1.19 bits per heavy atom. The first-order valence-electron chi connectivity index (χ1n) is 6.50. The summed E-state index contributed by atoms with van der Waals surface area (Å²) < 4.78 is 0. The molecule has 0 aromatic heterocycles. The van der Waals surface area contributed by atoms with Gasteiger partial charge in [0.1, 0.15) is 0 Å². The molecular weight excluding hydrogens is 304 g/mol. The van der Waals surface area contributed by atoms with Crippen molar-refractivity contribution in [3.8, 4) is 0 Å². The molecule has 3 nitrogen and oxygen atoms in total. The molecule has 5 heteroatoms. The number of rotatable bonds is 4. The molecule has 110 valence electrons. The standard InChI is InChI=1S/C16H17ClN2OS/c1-10-7-12(17)3-5-14(10)19-16(20)9-21-15-6-4-13(18)8-11(15)2/h3-8H,9,18H2,1-2H3,(H,19,20). The van der Waals surface area contributed by atoms with E-state index in [-0.39, 0.29) is 5.91 Å². The summed E-state index contributed by atoms with van der Waals surface area (Å²) in [7, 11) is 0. The quantitative estimate of drug-likeness (QED) is 0.653. The lowest BCUT2D eigenvalue weighted by Crippen LogP contribution is -2.14. The van der Waals surface area contributed by atoms with E-state index >= 15 is 0 Å². The van der Waals surface area contributed by atoms with E-state index < -0.39 is 0 Å². The zero-order chi connectivity index (χ0) is 15.4. The first-order chi connectivity index (χ1) is 9.95. The SMILES string of the molecule is Cc1cc(Cl)ccc1NC(=O)CSc1ccc(N)cc1C. The number of nitrogens with one attached hydrogen (secondary N) is 1. The van der Waals surface area contributed by atoms with Gasteiger partial charge in [0.15, 0.2) is 0 Å². The number of hydrogen-bond acceptors (Lipinski definition) is 3. The number of hydrogen-bond donors (Lipinski definition) is 2. The van der Waals surface area contributed by atoms with Gasteiger partial charge in [0.25, 0.3) is 0 Å². The van der Waals surface area contributed by atoms with E-state index in [9.17, 15) is 4.79 Å². The van der Waals surface area contributed by atoms with Crippen molar-refractivity contribution >= 4 is 40.6 Å². The van der Waals surface area contributed by atoms with Crippen LogP contribution < -0.4 is 11.1 Å². The van der Waals surface area contributed by atoms with Crippen LogP contribution in [0.25, 0.3) is 0 Å². The summed E-state index contributed by atoms with van der Waals surface area (Å²) in [6.07, 6.45) is 0. The number of nitrogen functional groups attached to an aromatic ring is 1. The van der Waals surface area contributed by atoms with Gasteiger partial charge in [0, 0.05) is 21.3 Å². The highest BCUT2D eigenvalue weighted by Crippen LogP contribution is 2.25. The first-order valence-corrected chi connectivity index (χ1v) is 7.87. The fourth-order valence-electron chi connectivity index (χ4n) is 1.93. The van der Waals surface area contributed by atoms with Gasteiger partial charge in [-0.05, 0) is 61.4 Å². The third-order valence-corrected chi connectivity index (χ3v) is 4.43. The molecule has 2 rings (SSSR count). The zero-order valence-electron chi connectivity index (χ0n) is 11.9. The molecule has 0 aliphatic carbocycles. The Bertz CT molecular complexity index is 673. The van der Waals surface area contributed by atoms with Crippen LogP contribution in [-0.4, -0.2) is 11.7 Å². The molecule has 2 aromatic rings. The molecule has 0 unspecified atom stereocenters. The number of halogens is 1. The summed E-state index contributed by atoms with van der Waals surface area (Å²) in [5, 5.41) is 3.56. The second-order valence-corrected chi connectivity index (χ2v) is 6.27. The maximum Gasteiger partial charge on any atom is 0.234 e.